The van der Waals surface area contributed by atoms with Crippen molar-refractivity contribution < 1.29 is 28.6 Å². The molecule has 1 aromatic carbocycles. The van der Waals surface area contributed by atoms with Crippen molar-refractivity contribution in [3.8, 4) is 11.5 Å². The third kappa shape index (κ3) is 4.78. The van der Waals surface area contributed by atoms with Gasteiger partial charge in [0.2, 0.25) is 5.91 Å². The number of carboxylic acid groups (broad SMARTS) is 1. The van der Waals surface area contributed by atoms with Crippen molar-refractivity contribution >= 4 is 34.6 Å². The molecule has 1 amide bonds. The topological polar surface area (TPSA) is 115 Å². The fourth-order valence-electron chi connectivity index (χ4n) is 2.86. The van der Waals surface area contributed by atoms with Crippen LogP contribution in [-0.2, 0) is 16.0 Å². The molecular formula is C19H23NO7S. The summed E-state index contributed by atoms with van der Waals surface area (Å²) >= 11 is 1.49. The maximum atomic E-state index is 12.4. The summed E-state index contributed by atoms with van der Waals surface area (Å²) in [6.45, 7) is 1.69. The molecule has 0 aliphatic carbocycles. The van der Waals surface area contributed by atoms with Crippen LogP contribution < -0.4 is 20.4 Å². The van der Waals surface area contributed by atoms with Crippen LogP contribution in [0.3, 0.4) is 0 Å². The van der Waals surface area contributed by atoms with E-state index in [0.29, 0.717) is 34.6 Å². The highest BCUT2D eigenvalue weighted by molar-refractivity contribution is 7.98. The molecule has 0 radical (unpaired) electrons. The summed E-state index contributed by atoms with van der Waals surface area (Å²) in [6, 6.07) is 2.22. The summed E-state index contributed by atoms with van der Waals surface area (Å²) < 4.78 is 15.9. The Bertz CT molecular complexity index is 938. The molecule has 0 saturated carbocycles. The van der Waals surface area contributed by atoms with Gasteiger partial charge in [0.05, 0.1) is 31.6 Å². The van der Waals surface area contributed by atoms with E-state index in [2.05, 4.69) is 5.32 Å². The van der Waals surface area contributed by atoms with E-state index in [1.165, 1.54) is 26.0 Å². The van der Waals surface area contributed by atoms with Crippen molar-refractivity contribution in [3.63, 3.8) is 0 Å². The molecule has 2 N–H and O–H groups in total. The number of benzene rings is 1. The van der Waals surface area contributed by atoms with E-state index in [-0.39, 0.29) is 17.6 Å². The van der Waals surface area contributed by atoms with Crippen LogP contribution >= 0.6 is 11.8 Å². The summed E-state index contributed by atoms with van der Waals surface area (Å²) in [5.41, 5.74) is 0.317. The average Bonchev–Trinajstić information content (AvgIpc) is 2.66. The largest absolute Gasteiger partial charge is 0.496 e. The van der Waals surface area contributed by atoms with Gasteiger partial charge in [-0.2, -0.15) is 11.8 Å². The van der Waals surface area contributed by atoms with Gasteiger partial charge in [0.25, 0.3) is 0 Å². The van der Waals surface area contributed by atoms with Crippen LogP contribution in [0.2, 0.25) is 0 Å². The Morgan fingerprint density at radius 3 is 2.57 bits per heavy atom. The van der Waals surface area contributed by atoms with E-state index < -0.39 is 23.5 Å². The lowest BCUT2D eigenvalue weighted by molar-refractivity contribution is -0.141. The minimum atomic E-state index is -1.11. The van der Waals surface area contributed by atoms with Crippen LogP contribution in [0.4, 0.5) is 0 Å². The van der Waals surface area contributed by atoms with Crippen LogP contribution in [-0.4, -0.2) is 49.3 Å². The maximum absolute atomic E-state index is 12.4. The van der Waals surface area contributed by atoms with Gasteiger partial charge in [-0.1, -0.05) is 0 Å². The number of hydrogen-bond donors (Lipinski definition) is 2. The molecule has 152 valence electrons. The molecule has 0 aliphatic heterocycles. The quantitative estimate of drug-likeness (QED) is 0.604. The fraction of sp³-hybridized carbons (Fsp3) is 0.421. The highest BCUT2D eigenvalue weighted by Gasteiger charge is 2.22. The van der Waals surface area contributed by atoms with E-state index in [4.69, 9.17) is 13.9 Å². The molecule has 1 atom stereocenters. The van der Waals surface area contributed by atoms with Crippen LogP contribution in [0.15, 0.2) is 21.3 Å². The second-order valence-corrected chi connectivity index (χ2v) is 7.10. The highest BCUT2D eigenvalue weighted by atomic mass is 32.2. The lowest BCUT2D eigenvalue weighted by Crippen LogP contribution is -2.42. The first-order chi connectivity index (χ1) is 13.3. The molecule has 0 unspecified atom stereocenters. The molecule has 8 nitrogen and oxygen atoms in total. The first-order valence-electron chi connectivity index (χ1n) is 8.51. The first kappa shape index (κ1) is 21.6. The van der Waals surface area contributed by atoms with E-state index in [0.717, 1.165) is 0 Å². The predicted octanol–water partition coefficient (Wildman–Crippen LogP) is 1.98. The number of carboxylic acids is 1. The van der Waals surface area contributed by atoms with Gasteiger partial charge in [0.1, 0.15) is 23.1 Å². The number of rotatable bonds is 9. The van der Waals surface area contributed by atoms with Gasteiger partial charge in [-0.25, -0.2) is 9.59 Å². The Hall–Kier alpha value is -2.68. The number of fused-ring (bicyclic) bond motifs is 1. The number of aryl methyl sites for hydroxylation is 1. The lowest BCUT2D eigenvalue weighted by atomic mass is 10.0. The summed E-state index contributed by atoms with van der Waals surface area (Å²) in [4.78, 5) is 36.1. The first-order valence-corrected chi connectivity index (χ1v) is 9.91. The SMILES string of the molecule is COc1cc(OC)c2c(C)c(CC(=O)N[C@@H](CCSC)C(=O)O)c(=O)oc2c1. The monoisotopic (exact) mass is 409 g/mol. The summed E-state index contributed by atoms with van der Waals surface area (Å²) in [6.07, 6.45) is 1.86. The minimum absolute atomic E-state index is 0.155. The number of hydrogen-bond acceptors (Lipinski definition) is 7. The Kier molecular flexibility index (Phi) is 7.33. The molecule has 0 saturated heterocycles. The zero-order valence-corrected chi connectivity index (χ0v) is 17.0. The average molecular weight is 409 g/mol. The van der Waals surface area contributed by atoms with Crippen LogP contribution in [0.25, 0.3) is 11.0 Å². The Balaban J connectivity index is 2.38. The molecular weight excluding hydrogens is 386 g/mol. The van der Waals surface area contributed by atoms with Crippen LogP contribution in [0, 0.1) is 6.92 Å². The standard InChI is InChI=1S/C19H23NO7S/c1-10-12(9-16(21)20-13(18(22)23)5-6-28-4)19(24)27-15-8-11(25-2)7-14(26-3)17(10)15/h7-8,13H,5-6,9H2,1-4H3,(H,20,21)(H,22,23)/t13-/m0/s1. The molecule has 0 aliphatic rings. The van der Waals surface area contributed by atoms with Gasteiger partial charge >= 0.3 is 11.6 Å². The molecule has 1 aromatic heterocycles. The van der Waals surface area contributed by atoms with Crippen molar-refractivity contribution in [3.05, 3.63) is 33.7 Å². The van der Waals surface area contributed by atoms with Gasteiger partial charge < -0.3 is 24.3 Å². The summed E-state index contributed by atoms with van der Waals surface area (Å²) in [7, 11) is 2.97. The molecule has 0 fully saturated rings. The molecule has 9 heteroatoms. The number of amides is 1. The van der Waals surface area contributed by atoms with Crippen molar-refractivity contribution in [2.45, 2.75) is 25.8 Å². The highest BCUT2D eigenvalue weighted by Crippen LogP contribution is 2.33. The van der Waals surface area contributed by atoms with Crippen molar-refractivity contribution in [1.82, 2.24) is 5.32 Å². The predicted molar refractivity (Wildman–Crippen MR) is 107 cm³/mol. The molecule has 2 aromatic rings. The minimum Gasteiger partial charge on any atom is -0.496 e. The third-order valence-electron chi connectivity index (χ3n) is 4.35. The van der Waals surface area contributed by atoms with E-state index >= 15 is 0 Å². The van der Waals surface area contributed by atoms with Crippen molar-refractivity contribution in [2.24, 2.45) is 0 Å². The van der Waals surface area contributed by atoms with Gasteiger partial charge in [-0.05, 0) is 30.9 Å². The molecule has 1 heterocycles. The van der Waals surface area contributed by atoms with E-state index in [1.807, 2.05) is 6.26 Å². The van der Waals surface area contributed by atoms with Crippen LogP contribution in [0.5, 0.6) is 11.5 Å². The summed E-state index contributed by atoms with van der Waals surface area (Å²) in [5, 5.41) is 12.3. The van der Waals surface area contributed by atoms with E-state index in [9.17, 15) is 19.5 Å². The molecule has 0 spiro atoms. The number of aliphatic carboxylic acids is 1. The Morgan fingerprint density at radius 1 is 1.29 bits per heavy atom. The maximum Gasteiger partial charge on any atom is 0.340 e. The zero-order valence-electron chi connectivity index (χ0n) is 16.2. The Labute approximate surface area is 166 Å². The molecule has 0 bridgehead atoms. The zero-order chi connectivity index (χ0) is 20.8. The molecule has 28 heavy (non-hydrogen) atoms. The smallest absolute Gasteiger partial charge is 0.340 e. The van der Waals surface area contributed by atoms with Crippen LogP contribution in [0.1, 0.15) is 17.5 Å². The number of carbonyl (C=O) groups excluding carboxylic acids is 1. The van der Waals surface area contributed by atoms with Gasteiger partial charge in [0.15, 0.2) is 0 Å². The van der Waals surface area contributed by atoms with Gasteiger partial charge in [-0.15, -0.1) is 0 Å². The third-order valence-corrected chi connectivity index (χ3v) is 5.00. The van der Waals surface area contributed by atoms with Crippen molar-refractivity contribution in [1.29, 1.82) is 0 Å². The van der Waals surface area contributed by atoms with Gasteiger partial charge in [0, 0.05) is 12.1 Å². The number of ether oxygens (including phenoxy) is 2. The van der Waals surface area contributed by atoms with E-state index in [1.54, 1.807) is 19.1 Å². The fourth-order valence-corrected chi connectivity index (χ4v) is 3.34. The number of methoxy groups -OCH3 is 2. The summed E-state index contributed by atoms with van der Waals surface area (Å²) in [5.74, 6) is -0.168. The second kappa shape index (κ2) is 9.50. The normalized spacial score (nSPS) is 11.9. The number of nitrogens with one attached hydrogen (secondary N) is 1. The Morgan fingerprint density at radius 2 is 2.00 bits per heavy atom. The lowest BCUT2D eigenvalue weighted by Gasteiger charge is -2.15. The number of carbonyl (C=O) groups is 2. The van der Waals surface area contributed by atoms with Crippen molar-refractivity contribution in [2.75, 3.05) is 26.2 Å². The van der Waals surface area contributed by atoms with Gasteiger partial charge in [-0.3, -0.25) is 4.79 Å². The second-order valence-electron chi connectivity index (χ2n) is 6.11. The molecule has 2 rings (SSSR count). The number of thioether (sulfide) groups is 1.